The lowest BCUT2D eigenvalue weighted by Crippen LogP contribution is -2.42. The molecule has 23 heavy (non-hydrogen) atoms. The zero-order chi connectivity index (χ0) is 16.2. The lowest BCUT2D eigenvalue weighted by molar-refractivity contribution is -0.135. The molecule has 1 atom stereocenters. The summed E-state index contributed by atoms with van der Waals surface area (Å²) in [6, 6.07) is 7.04. The summed E-state index contributed by atoms with van der Waals surface area (Å²) in [6.45, 7) is 2.78. The fourth-order valence-electron chi connectivity index (χ4n) is 3.12. The first kappa shape index (κ1) is 16.2. The van der Waals surface area contributed by atoms with E-state index in [-0.39, 0.29) is 23.5 Å². The Bertz CT molecular complexity index is 570. The summed E-state index contributed by atoms with van der Waals surface area (Å²) in [4.78, 5) is 28.4. The second kappa shape index (κ2) is 7.25. The summed E-state index contributed by atoms with van der Waals surface area (Å²) in [7, 11) is 0. The molecule has 1 aromatic rings. The highest BCUT2D eigenvalue weighted by molar-refractivity contribution is 7.99. The van der Waals surface area contributed by atoms with Gasteiger partial charge in [0.15, 0.2) is 0 Å². The minimum absolute atomic E-state index is 0.0773. The molecule has 3 rings (SSSR count). The van der Waals surface area contributed by atoms with Crippen LogP contribution in [0.3, 0.4) is 0 Å². The molecule has 2 aliphatic rings. The molecule has 2 aliphatic heterocycles. The van der Waals surface area contributed by atoms with E-state index in [1.807, 2.05) is 28.8 Å². The second-order valence-corrected chi connectivity index (χ2v) is 7.32. The van der Waals surface area contributed by atoms with Crippen molar-refractivity contribution in [2.45, 2.75) is 12.8 Å². The van der Waals surface area contributed by atoms with E-state index in [4.69, 9.17) is 0 Å². The Hall–Kier alpha value is -1.69. The SMILES string of the molecule is O=C1CC(C(=O)N2CCSCC2)CN1CCc1ccc(O)cc1. The van der Waals surface area contributed by atoms with Crippen LogP contribution in [0.1, 0.15) is 12.0 Å². The van der Waals surface area contributed by atoms with Gasteiger partial charge in [0.05, 0.1) is 5.92 Å². The van der Waals surface area contributed by atoms with E-state index >= 15 is 0 Å². The Morgan fingerprint density at radius 2 is 1.91 bits per heavy atom. The van der Waals surface area contributed by atoms with Gasteiger partial charge < -0.3 is 14.9 Å². The highest BCUT2D eigenvalue weighted by Crippen LogP contribution is 2.22. The maximum atomic E-state index is 12.5. The number of hydrogen-bond acceptors (Lipinski definition) is 4. The molecule has 0 aliphatic carbocycles. The van der Waals surface area contributed by atoms with Crippen LogP contribution in [0.25, 0.3) is 0 Å². The number of aromatic hydroxyl groups is 1. The van der Waals surface area contributed by atoms with Gasteiger partial charge >= 0.3 is 0 Å². The number of thioether (sulfide) groups is 1. The van der Waals surface area contributed by atoms with Gasteiger partial charge in [0.1, 0.15) is 5.75 Å². The summed E-state index contributed by atoms with van der Waals surface area (Å²) in [6.07, 6.45) is 1.09. The van der Waals surface area contributed by atoms with Crippen LogP contribution < -0.4 is 0 Å². The van der Waals surface area contributed by atoms with Crippen LogP contribution in [0.15, 0.2) is 24.3 Å². The predicted octanol–water partition coefficient (Wildman–Crippen LogP) is 1.36. The van der Waals surface area contributed by atoms with Gasteiger partial charge in [-0.2, -0.15) is 11.8 Å². The van der Waals surface area contributed by atoms with Gasteiger partial charge in [0, 0.05) is 44.1 Å². The maximum Gasteiger partial charge on any atom is 0.228 e. The van der Waals surface area contributed by atoms with Gasteiger partial charge in [-0.15, -0.1) is 0 Å². The van der Waals surface area contributed by atoms with Crippen molar-refractivity contribution in [3.8, 4) is 5.75 Å². The Morgan fingerprint density at radius 3 is 2.61 bits per heavy atom. The van der Waals surface area contributed by atoms with Crippen molar-refractivity contribution in [1.29, 1.82) is 0 Å². The van der Waals surface area contributed by atoms with Crippen LogP contribution in [-0.2, 0) is 16.0 Å². The normalized spacial score (nSPS) is 21.7. The van der Waals surface area contributed by atoms with Crippen LogP contribution in [0.4, 0.5) is 0 Å². The first-order chi connectivity index (χ1) is 11.1. The van der Waals surface area contributed by atoms with Gasteiger partial charge in [-0.05, 0) is 24.1 Å². The van der Waals surface area contributed by atoms with Crippen molar-refractivity contribution in [2.24, 2.45) is 5.92 Å². The Kier molecular flexibility index (Phi) is 5.10. The molecule has 0 aromatic heterocycles. The molecule has 2 saturated heterocycles. The van der Waals surface area contributed by atoms with Crippen molar-refractivity contribution in [1.82, 2.24) is 9.80 Å². The highest BCUT2D eigenvalue weighted by atomic mass is 32.2. The molecule has 6 heteroatoms. The van der Waals surface area contributed by atoms with Gasteiger partial charge in [-0.25, -0.2) is 0 Å². The van der Waals surface area contributed by atoms with Crippen molar-refractivity contribution in [3.05, 3.63) is 29.8 Å². The third kappa shape index (κ3) is 3.99. The van der Waals surface area contributed by atoms with Gasteiger partial charge in [-0.3, -0.25) is 9.59 Å². The number of hydrogen-bond donors (Lipinski definition) is 1. The number of nitrogens with zero attached hydrogens (tertiary/aromatic N) is 2. The molecule has 2 amide bonds. The Labute approximate surface area is 140 Å². The molecular weight excluding hydrogens is 312 g/mol. The van der Waals surface area contributed by atoms with Crippen LogP contribution in [-0.4, -0.2) is 64.4 Å². The molecule has 1 aromatic carbocycles. The Morgan fingerprint density at radius 1 is 1.22 bits per heavy atom. The van der Waals surface area contributed by atoms with Crippen LogP contribution in [0.5, 0.6) is 5.75 Å². The van der Waals surface area contributed by atoms with Gasteiger partial charge in [0.25, 0.3) is 0 Å². The molecule has 2 heterocycles. The molecule has 5 nitrogen and oxygen atoms in total. The lowest BCUT2D eigenvalue weighted by atomic mass is 10.1. The quantitative estimate of drug-likeness (QED) is 0.903. The number of phenolic OH excluding ortho intramolecular Hbond substituents is 1. The standard InChI is InChI=1S/C17H22N2O3S/c20-15-3-1-13(2-4-15)5-6-19-12-14(11-16(19)21)17(22)18-7-9-23-10-8-18/h1-4,14,20H,5-12H2. The average Bonchev–Trinajstić information content (AvgIpc) is 2.95. The third-order valence-electron chi connectivity index (χ3n) is 4.49. The monoisotopic (exact) mass is 334 g/mol. The van der Waals surface area contributed by atoms with Crippen molar-refractivity contribution in [3.63, 3.8) is 0 Å². The zero-order valence-corrected chi connectivity index (χ0v) is 13.9. The van der Waals surface area contributed by atoms with Gasteiger partial charge in [-0.1, -0.05) is 12.1 Å². The highest BCUT2D eigenvalue weighted by Gasteiger charge is 2.36. The number of rotatable bonds is 4. The third-order valence-corrected chi connectivity index (χ3v) is 5.44. The number of benzene rings is 1. The molecule has 0 bridgehead atoms. The topological polar surface area (TPSA) is 60.9 Å². The number of likely N-dealkylation sites (tertiary alicyclic amines) is 1. The van der Waals surface area contributed by atoms with Gasteiger partial charge in [0.2, 0.25) is 11.8 Å². The molecular formula is C17H22N2O3S. The molecule has 2 fully saturated rings. The summed E-state index contributed by atoms with van der Waals surface area (Å²) in [5, 5.41) is 9.29. The van der Waals surface area contributed by atoms with E-state index in [0.29, 0.717) is 19.5 Å². The van der Waals surface area contributed by atoms with Crippen LogP contribution in [0.2, 0.25) is 0 Å². The number of carbonyl (C=O) groups is 2. The van der Waals surface area contributed by atoms with Crippen LogP contribution >= 0.6 is 11.8 Å². The van der Waals surface area contributed by atoms with E-state index in [2.05, 4.69) is 0 Å². The molecule has 0 radical (unpaired) electrons. The minimum atomic E-state index is -0.176. The van der Waals surface area contributed by atoms with E-state index in [0.717, 1.165) is 36.6 Å². The number of phenols is 1. The van der Waals surface area contributed by atoms with Crippen molar-refractivity contribution >= 4 is 23.6 Å². The Balaban J connectivity index is 1.52. The first-order valence-electron chi connectivity index (χ1n) is 8.05. The molecule has 0 spiro atoms. The molecule has 0 saturated carbocycles. The lowest BCUT2D eigenvalue weighted by Gasteiger charge is -2.28. The minimum Gasteiger partial charge on any atom is -0.508 e. The fourth-order valence-corrected chi connectivity index (χ4v) is 4.03. The second-order valence-electron chi connectivity index (χ2n) is 6.09. The summed E-state index contributed by atoms with van der Waals surface area (Å²) < 4.78 is 0. The molecule has 124 valence electrons. The smallest absolute Gasteiger partial charge is 0.228 e. The van der Waals surface area contributed by atoms with E-state index in [9.17, 15) is 14.7 Å². The van der Waals surface area contributed by atoms with Crippen LogP contribution in [0, 0.1) is 5.92 Å². The summed E-state index contributed by atoms with van der Waals surface area (Å²) in [5.41, 5.74) is 1.08. The summed E-state index contributed by atoms with van der Waals surface area (Å²) >= 11 is 1.88. The largest absolute Gasteiger partial charge is 0.508 e. The predicted molar refractivity (Wildman–Crippen MR) is 90.4 cm³/mol. The fraction of sp³-hybridized carbons (Fsp3) is 0.529. The molecule has 1 N–H and O–H groups in total. The number of carbonyl (C=O) groups excluding carboxylic acids is 2. The maximum absolute atomic E-state index is 12.5. The van der Waals surface area contributed by atoms with E-state index in [1.165, 1.54) is 0 Å². The number of amides is 2. The zero-order valence-electron chi connectivity index (χ0n) is 13.1. The molecule has 1 unspecified atom stereocenters. The van der Waals surface area contributed by atoms with E-state index in [1.54, 1.807) is 17.0 Å². The van der Waals surface area contributed by atoms with E-state index < -0.39 is 0 Å². The summed E-state index contributed by atoms with van der Waals surface area (Å²) in [5.74, 6) is 2.29. The van der Waals surface area contributed by atoms with Crippen molar-refractivity contribution in [2.75, 3.05) is 37.7 Å². The van der Waals surface area contributed by atoms with Crippen molar-refractivity contribution < 1.29 is 14.7 Å². The average molecular weight is 334 g/mol. The first-order valence-corrected chi connectivity index (χ1v) is 9.21.